The lowest BCUT2D eigenvalue weighted by Gasteiger charge is -2.20. The molecule has 0 radical (unpaired) electrons. The van der Waals surface area contributed by atoms with Gasteiger partial charge in [-0.2, -0.15) is 0 Å². The van der Waals surface area contributed by atoms with Gasteiger partial charge in [-0.05, 0) is 49.7 Å². The first kappa shape index (κ1) is 20.1. The molecule has 146 valence electrons. The minimum absolute atomic E-state index is 0.0426. The maximum absolute atomic E-state index is 13.1. The van der Waals surface area contributed by atoms with Crippen molar-refractivity contribution >= 4 is 38.7 Å². The Balaban J connectivity index is 1.83. The van der Waals surface area contributed by atoms with Gasteiger partial charge in [-0.25, -0.2) is 0 Å². The van der Waals surface area contributed by atoms with Crippen LogP contribution in [0.25, 0.3) is 11.0 Å². The van der Waals surface area contributed by atoms with Gasteiger partial charge in [-0.3, -0.25) is 9.59 Å². The van der Waals surface area contributed by atoms with Crippen LogP contribution in [0.1, 0.15) is 39.0 Å². The molecule has 0 saturated carbocycles. The Bertz CT molecular complexity index is 1020. The van der Waals surface area contributed by atoms with Crippen molar-refractivity contribution in [1.82, 2.24) is 9.80 Å². The topological polar surface area (TPSA) is 53.8 Å². The fourth-order valence-electron chi connectivity index (χ4n) is 3.10. The number of rotatable bonds is 5. The average molecular weight is 443 g/mol. The molecule has 0 unspecified atom stereocenters. The number of furan rings is 1. The van der Waals surface area contributed by atoms with E-state index >= 15 is 0 Å². The third-order valence-electron chi connectivity index (χ3n) is 4.74. The lowest BCUT2D eigenvalue weighted by atomic mass is 10.1. The molecule has 2 aromatic carbocycles. The van der Waals surface area contributed by atoms with Gasteiger partial charge < -0.3 is 14.2 Å². The zero-order valence-corrected chi connectivity index (χ0v) is 18.0. The molecular weight excluding hydrogens is 420 g/mol. The third kappa shape index (κ3) is 3.97. The second-order valence-electron chi connectivity index (χ2n) is 6.91. The zero-order chi connectivity index (χ0) is 20.4. The number of carbonyl (C=O) groups excluding carboxylic acids is 2. The predicted octanol–water partition coefficient (Wildman–Crippen LogP) is 4.87. The standard InChI is InChI=1S/C22H23BrN2O3/c1-5-25(13-15-6-8-16(9-7-15)21(26)24(3)4)22(27)20-14(2)18-12-17(23)10-11-19(18)28-20/h6-12H,5,13H2,1-4H3. The maximum atomic E-state index is 13.1. The van der Waals surface area contributed by atoms with Gasteiger partial charge in [0, 0.05) is 48.2 Å². The lowest BCUT2D eigenvalue weighted by Crippen LogP contribution is -2.30. The van der Waals surface area contributed by atoms with E-state index in [4.69, 9.17) is 4.42 Å². The van der Waals surface area contributed by atoms with Crippen LogP contribution in [0, 0.1) is 6.92 Å². The number of hydrogen-bond acceptors (Lipinski definition) is 3. The van der Waals surface area contributed by atoms with E-state index in [1.54, 1.807) is 36.0 Å². The normalized spacial score (nSPS) is 10.9. The molecule has 1 heterocycles. The van der Waals surface area contributed by atoms with Gasteiger partial charge in [0.25, 0.3) is 11.8 Å². The Kier molecular flexibility index (Phi) is 5.89. The summed E-state index contributed by atoms with van der Waals surface area (Å²) in [5, 5.41) is 0.931. The van der Waals surface area contributed by atoms with Crippen LogP contribution in [0.3, 0.4) is 0 Å². The molecule has 28 heavy (non-hydrogen) atoms. The second-order valence-corrected chi connectivity index (χ2v) is 7.83. The summed E-state index contributed by atoms with van der Waals surface area (Å²) < 4.78 is 6.80. The van der Waals surface area contributed by atoms with Crippen LogP contribution in [0.2, 0.25) is 0 Å². The van der Waals surface area contributed by atoms with E-state index in [1.807, 2.05) is 44.2 Å². The van der Waals surface area contributed by atoms with Crippen molar-refractivity contribution < 1.29 is 14.0 Å². The molecule has 3 rings (SSSR count). The SMILES string of the molecule is CCN(Cc1ccc(C(=O)N(C)C)cc1)C(=O)c1oc2ccc(Br)cc2c1C. The number of carbonyl (C=O) groups is 2. The smallest absolute Gasteiger partial charge is 0.290 e. The molecular formula is C22H23BrN2O3. The molecule has 0 saturated heterocycles. The summed E-state index contributed by atoms with van der Waals surface area (Å²) in [6.45, 7) is 4.85. The quantitative estimate of drug-likeness (QED) is 0.566. The highest BCUT2D eigenvalue weighted by Gasteiger charge is 2.23. The fraction of sp³-hybridized carbons (Fsp3) is 0.273. The number of fused-ring (bicyclic) bond motifs is 1. The number of hydrogen-bond donors (Lipinski definition) is 0. The highest BCUT2D eigenvalue weighted by Crippen LogP contribution is 2.29. The molecule has 0 spiro atoms. The van der Waals surface area contributed by atoms with Gasteiger partial charge in [0.1, 0.15) is 5.58 Å². The van der Waals surface area contributed by atoms with Gasteiger partial charge in [0.15, 0.2) is 5.76 Å². The summed E-state index contributed by atoms with van der Waals surface area (Å²) in [5.74, 6) is 0.189. The fourth-order valence-corrected chi connectivity index (χ4v) is 3.46. The first-order chi connectivity index (χ1) is 13.3. The Morgan fingerprint density at radius 1 is 1.04 bits per heavy atom. The molecule has 0 fully saturated rings. The lowest BCUT2D eigenvalue weighted by molar-refractivity contribution is 0.0721. The van der Waals surface area contributed by atoms with Gasteiger partial charge in [-0.1, -0.05) is 28.1 Å². The Morgan fingerprint density at radius 3 is 2.32 bits per heavy atom. The van der Waals surface area contributed by atoms with Crippen LogP contribution in [0.5, 0.6) is 0 Å². The van der Waals surface area contributed by atoms with Gasteiger partial charge in [-0.15, -0.1) is 0 Å². The van der Waals surface area contributed by atoms with E-state index in [-0.39, 0.29) is 11.8 Å². The first-order valence-electron chi connectivity index (χ1n) is 9.10. The van der Waals surface area contributed by atoms with Gasteiger partial charge in [0.05, 0.1) is 0 Å². The van der Waals surface area contributed by atoms with Crippen molar-refractivity contribution in [2.75, 3.05) is 20.6 Å². The number of aryl methyl sites for hydroxylation is 1. The highest BCUT2D eigenvalue weighted by atomic mass is 79.9. The average Bonchev–Trinajstić information content (AvgIpc) is 3.01. The van der Waals surface area contributed by atoms with Crippen LogP contribution in [0.4, 0.5) is 0 Å². The summed E-state index contributed by atoms with van der Waals surface area (Å²) in [4.78, 5) is 28.4. The molecule has 0 bridgehead atoms. The van der Waals surface area contributed by atoms with Crippen LogP contribution in [0.15, 0.2) is 51.4 Å². The van der Waals surface area contributed by atoms with E-state index in [9.17, 15) is 9.59 Å². The summed E-state index contributed by atoms with van der Waals surface area (Å²) >= 11 is 3.46. The number of halogens is 1. The van der Waals surface area contributed by atoms with E-state index < -0.39 is 0 Å². The molecule has 0 aliphatic rings. The molecule has 3 aromatic rings. The van der Waals surface area contributed by atoms with E-state index in [0.717, 1.165) is 21.0 Å². The molecule has 0 N–H and O–H groups in total. The zero-order valence-electron chi connectivity index (χ0n) is 16.5. The van der Waals surface area contributed by atoms with Gasteiger partial charge in [0.2, 0.25) is 0 Å². The summed E-state index contributed by atoms with van der Waals surface area (Å²) in [6, 6.07) is 13.1. The van der Waals surface area contributed by atoms with E-state index in [1.165, 1.54) is 0 Å². The molecule has 6 heteroatoms. The molecule has 0 atom stereocenters. The van der Waals surface area contributed by atoms with Crippen molar-refractivity contribution in [3.05, 3.63) is 69.4 Å². The van der Waals surface area contributed by atoms with E-state index in [0.29, 0.717) is 30.0 Å². The van der Waals surface area contributed by atoms with Crippen molar-refractivity contribution in [2.24, 2.45) is 0 Å². The predicted molar refractivity (Wildman–Crippen MR) is 114 cm³/mol. The Morgan fingerprint density at radius 2 is 1.71 bits per heavy atom. The largest absolute Gasteiger partial charge is 0.451 e. The molecule has 1 aromatic heterocycles. The molecule has 0 aliphatic carbocycles. The van der Waals surface area contributed by atoms with Crippen molar-refractivity contribution in [2.45, 2.75) is 20.4 Å². The second kappa shape index (κ2) is 8.19. The molecule has 2 amide bonds. The minimum atomic E-state index is -0.138. The Hall–Kier alpha value is -2.60. The summed E-state index contributed by atoms with van der Waals surface area (Å²) in [6.07, 6.45) is 0. The molecule has 0 aliphatic heterocycles. The van der Waals surface area contributed by atoms with E-state index in [2.05, 4.69) is 15.9 Å². The van der Waals surface area contributed by atoms with Gasteiger partial charge >= 0.3 is 0 Å². The van der Waals surface area contributed by atoms with Crippen molar-refractivity contribution in [3.8, 4) is 0 Å². The number of amides is 2. The van der Waals surface area contributed by atoms with Crippen molar-refractivity contribution in [3.63, 3.8) is 0 Å². The summed E-state index contributed by atoms with van der Waals surface area (Å²) in [7, 11) is 3.45. The number of benzene rings is 2. The Labute approximate surface area is 173 Å². The highest BCUT2D eigenvalue weighted by molar-refractivity contribution is 9.10. The number of nitrogens with zero attached hydrogens (tertiary/aromatic N) is 2. The third-order valence-corrected chi connectivity index (χ3v) is 5.24. The van der Waals surface area contributed by atoms with Crippen LogP contribution < -0.4 is 0 Å². The van der Waals surface area contributed by atoms with Crippen LogP contribution in [-0.2, 0) is 6.54 Å². The first-order valence-corrected chi connectivity index (χ1v) is 9.89. The van der Waals surface area contributed by atoms with Crippen LogP contribution >= 0.6 is 15.9 Å². The molecule has 5 nitrogen and oxygen atoms in total. The monoisotopic (exact) mass is 442 g/mol. The maximum Gasteiger partial charge on any atom is 0.290 e. The summed E-state index contributed by atoms with van der Waals surface area (Å²) in [5.41, 5.74) is 3.13. The van der Waals surface area contributed by atoms with Crippen LogP contribution in [-0.4, -0.2) is 42.3 Å². The minimum Gasteiger partial charge on any atom is -0.451 e. The van der Waals surface area contributed by atoms with Crippen molar-refractivity contribution in [1.29, 1.82) is 0 Å².